The van der Waals surface area contributed by atoms with Crippen LogP contribution >= 0.6 is 0 Å². The van der Waals surface area contributed by atoms with Gasteiger partial charge in [0.25, 0.3) is 0 Å². The van der Waals surface area contributed by atoms with Crippen molar-refractivity contribution in [2.45, 2.75) is 6.11 Å². The number of carbonyl (C=O) groups is 1. The van der Waals surface area contributed by atoms with Crippen molar-refractivity contribution < 1.29 is 36.6 Å². The monoisotopic (exact) mass is 242 g/mol. The Morgan fingerprint density at radius 2 is 1.88 bits per heavy atom. The number of hydrogen-bond donors (Lipinski definition) is 0. The van der Waals surface area contributed by atoms with Crippen molar-refractivity contribution in [3.63, 3.8) is 0 Å². The third kappa shape index (κ3) is 2.38. The fourth-order valence-electron chi connectivity index (χ4n) is 0.788. The van der Waals surface area contributed by atoms with Crippen molar-refractivity contribution in [1.29, 1.82) is 0 Å². The first kappa shape index (κ1) is 12.2. The van der Waals surface area contributed by atoms with Gasteiger partial charge in [-0.3, -0.25) is 0 Å². The van der Waals surface area contributed by atoms with Crippen molar-refractivity contribution in [3.8, 4) is 5.75 Å². The van der Waals surface area contributed by atoms with Crippen LogP contribution in [0.1, 0.15) is 0 Å². The van der Waals surface area contributed by atoms with Crippen LogP contribution in [-0.4, -0.2) is 12.1 Å². The molecule has 1 aromatic rings. The van der Waals surface area contributed by atoms with E-state index in [-0.39, 0.29) is 0 Å². The van der Waals surface area contributed by atoms with Crippen LogP contribution in [0.3, 0.4) is 0 Å². The van der Waals surface area contributed by atoms with Gasteiger partial charge in [0, 0.05) is 4.53 Å². The Labute approximate surface area is 85.3 Å². The van der Waals surface area contributed by atoms with Gasteiger partial charge in [0.1, 0.15) is 0 Å². The van der Waals surface area contributed by atoms with Gasteiger partial charge in [0.05, 0.1) is 0 Å². The minimum Gasteiger partial charge on any atom is -0.421 e. The van der Waals surface area contributed by atoms with Crippen molar-refractivity contribution in [3.05, 3.63) is 29.8 Å². The molecule has 0 spiro atoms. The Morgan fingerprint density at radius 3 is 2.44 bits per heavy atom. The highest BCUT2D eigenvalue weighted by molar-refractivity contribution is 5.75. The number of ether oxygens (including phenoxy) is 1. The molecule has 0 N–H and O–H groups in total. The van der Waals surface area contributed by atoms with Gasteiger partial charge in [0.2, 0.25) is 5.82 Å². The second-order valence-electron chi connectivity index (χ2n) is 2.54. The first-order valence-electron chi connectivity index (χ1n) is 3.72. The molecule has 0 bridgehead atoms. The van der Waals surface area contributed by atoms with E-state index in [1.165, 1.54) is 0 Å². The summed E-state index contributed by atoms with van der Waals surface area (Å²) in [6.45, 7) is 0. The summed E-state index contributed by atoms with van der Waals surface area (Å²) in [4.78, 5) is 12.4. The average Bonchev–Trinajstić information content (AvgIpc) is 2.23. The van der Waals surface area contributed by atoms with E-state index in [2.05, 4.69) is 9.68 Å². The lowest BCUT2D eigenvalue weighted by atomic mass is 10.3. The summed E-state index contributed by atoms with van der Waals surface area (Å²) >= 11 is 0. The first-order valence-corrected chi connectivity index (χ1v) is 3.72. The zero-order valence-electron chi connectivity index (χ0n) is 7.35. The first-order chi connectivity index (χ1) is 7.38. The van der Waals surface area contributed by atoms with Gasteiger partial charge in [-0.15, -0.1) is 0 Å². The number of rotatable bonds is 3. The molecular formula is C8H3F5O3. The van der Waals surface area contributed by atoms with Gasteiger partial charge in [-0.25, -0.2) is 14.1 Å². The summed E-state index contributed by atoms with van der Waals surface area (Å²) in [6.07, 6.45) is -4.75. The highest BCUT2D eigenvalue weighted by Crippen LogP contribution is 2.26. The van der Waals surface area contributed by atoms with E-state index in [9.17, 15) is 26.9 Å². The van der Waals surface area contributed by atoms with Crippen molar-refractivity contribution in [1.82, 2.24) is 0 Å². The third-order valence-corrected chi connectivity index (χ3v) is 1.46. The zero-order valence-corrected chi connectivity index (χ0v) is 7.35. The molecule has 0 amide bonds. The van der Waals surface area contributed by atoms with Crippen molar-refractivity contribution in [2.75, 3.05) is 0 Å². The molecule has 0 aliphatic heterocycles. The maximum atomic E-state index is 12.8. The normalized spacial score (nSPS) is 11.1. The maximum absolute atomic E-state index is 12.8. The molecule has 88 valence electrons. The minimum atomic E-state index is -4.75. The minimum absolute atomic E-state index is 0.637. The van der Waals surface area contributed by atoms with E-state index in [0.29, 0.717) is 12.1 Å². The molecule has 0 radical (unpaired) electrons. The van der Waals surface area contributed by atoms with Crippen LogP contribution in [0.5, 0.6) is 5.75 Å². The molecule has 8 heteroatoms. The maximum Gasteiger partial charge on any atom is 0.505 e. The Balaban J connectivity index is 2.96. The Bertz CT molecular complexity index is 407. The largest absolute Gasteiger partial charge is 0.505 e. The highest BCUT2D eigenvalue weighted by Gasteiger charge is 2.46. The molecule has 0 heterocycles. The van der Waals surface area contributed by atoms with Gasteiger partial charge in [-0.2, -0.15) is 13.2 Å². The van der Waals surface area contributed by atoms with E-state index < -0.39 is 29.5 Å². The summed E-state index contributed by atoms with van der Waals surface area (Å²) in [6, 6.07) is 2.15. The predicted molar refractivity (Wildman–Crippen MR) is 39.1 cm³/mol. The standard InChI is InChI=1S/C8H3F5O3/c9-4-2-1-3-5(6(4)10)15-8(11,12)7(14)16-13/h1-3H. The molecule has 0 fully saturated rings. The van der Waals surface area contributed by atoms with Gasteiger partial charge in [0.15, 0.2) is 11.6 Å². The van der Waals surface area contributed by atoms with Crippen molar-refractivity contribution in [2.24, 2.45) is 0 Å². The summed E-state index contributed by atoms with van der Waals surface area (Å²) in [5.74, 6) is -7.10. The second kappa shape index (κ2) is 4.33. The quantitative estimate of drug-likeness (QED) is 0.763. The SMILES string of the molecule is O=C(OF)C(F)(F)Oc1cccc(F)c1F. The molecule has 0 saturated heterocycles. The van der Waals surface area contributed by atoms with Gasteiger partial charge < -0.3 is 4.74 Å². The van der Waals surface area contributed by atoms with E-state index in [4.69, 9.17) is 0 Å². The van der Waals surface area contributed by atoms with Crippen LogP contribution in [0.25, 0.3) is 0 Å². The fraction of sp³-hybridized carbons (Fsp3) is 0.125. The van der Waals surface area contributed by atoms with E-state index in [1.54, 1.807) is 0 Å². The number of halogens is 5. The van der Waals surface area contributed by atoms with Crippen LogP contribution in [0, 0.1) is 11.6 Å². The van der Waals surface area contributed by atoms with Gasteiger partial charge >= 0.3 is 12.1 Å². The lowest BCUT2D eigenvalue weighted by Crippen LogP contribution is -2.35. The predicted octanol–water partition coefficient (Wildman–Crippen LogP) is 2.36. The van der Waals surface area contributed by atoms with E-state index in [1.807, 2.05) is 0 Å². The molecule has 1 aromatic carbocycles. The van der Waals surface area contributed by atoms with Crippen LogP contribution in [0.4, 0.5) is 22.1 Å². The molecule has 0 unspecified atom stereocenters. The molecule has 0 aromatic heterocycles. The summed E-state index contributed by atoms with van der Waals surface area (Å²) < 4.78 is 65.2. The Hall–Kier alpha value is -1.86. The molecule has 0 aliphatic rings. The molecule has 0 aliphatic carbocycles. The zero-order chi connectivity index (χ0) is 12.3. The van der Waals surface area contributed by atoms with Gasteiger partial charge in [-0.1, -0.05) is 6.07 Å². The molecule has 16 heavy (non-hydrogen) atoms. The summed E-state index contributed by atoms with van der Waals surface area (Å²) in [5.41, 5.74) is 0. The van der Waals surface area contributed by atoms with Crippen LogP contribution in [-0.2, 0) is 9.74 Å². The summed E-state index contributed by atoms with van der Waals surface area (Å²) in [7, 11) is 0. The van der Waals surface area contributed by atoms with Crippen LogP contribution < -0.4 is 4.74 Å². The van der Waals surface area contributed by atoms with E-state index in [0.717, 1.165) is 6.07 Å². The topological polar surface area (TPSA) is 35.5 Å². The Kier molecular flexibility index (Phi) is 3.31. The lowest BCUT2D eigenvalue weighted by Gasteiger charge is -2.13. The molecule has 0 saturated carbocycles. The average molecular weight is 242 g/mol. The number of alkyl halides is 2. The Morgan fingerprint density at radius 1 is 1.25 bits per heavy atom. The van der Waals surface area contributed by atoms with E-state index >= 15 is 0 Å². The number of carbonyl (C=O) groups excluding carboxylic acids is 1. The molecular weight excluding hydrogens is 239 g/mol. The third-order valence-electron chi connectivity index (χ3n) is 1.46. The number of benzene rings is 1. The number of hydrogen-bond acceptors (Lipinski definition) is 3. The lowest BCUT2D eigenvalue weighted by molar-refractivity contribution is -0.248. The summed E-state index contributed by atoms with van der Waals surface area (Å²) in [5, 5.41) is 0. The fourth-order valence-corrected chi connectivity index (χ4v) is 0.788. The molecule has 3 nitrogen and oxygen atoms in total. The van der Waals surface area contributed by atoms with Gasteiger partial charge in [-0.05, 0) is 12.1 Å². The smallest absolute Gasteiger partial charge is 0.421 e. The van der Waals surface area contributed by atoms with Crippen molar-refractivity contribution >= 4 is 5.97 Å². The van der Waals surface area contributed by atoms with Crippen LogP contribution in [0.2, 0.25) is 0 Å². The molecule has 0 atom stereocenters. The van der Waals surface area contributed by atoms with Crippen LogP contribution in [0.15, 0.2) is 18.2 Å². The molecule has 1 rings (SSSR count). The highest BCUT2D eigenvalue weighted by atomic mass is 19.3. The second-order valence-corrected chi connectivity index (χ2v) is 2.54.